The summed E-state index contributed by atoms with van der Waals surface area (Å²) >= 11 is 9.40. The SMILES string of the molecule is O=C(Nc1ccc(F)cc1Cl)C1(c2ccc(Br)cc2)CCC1. The lowest BCUT2D eigenvalue weighted by Gasteiger charge is -2.40. The van der Waals surface area contributed by atoms with Crippen LogP contribution in [0.25, 0.3) is 0 Å². The van der Waals surface area contributed by atoms with Crippen molar-refractivity contribution in [3.8, 4) is 0 Å². The van der Waals surface area contributed by atoms with Crippen molar-refractivity contribution in [3.63, 3.8) is 0 Å². The zero-order valence-electron chi connectivity index (χ0n) is 11.7. The average molecular weight is 383 g/mol. The fourth-order valence-electron chi connectivity index (χ4n) is 2.78. The maximum atomic E-state index is 13.1. The second-order valence-electron chi connectivity index (χ2n) is 5.52. The van der Waals surface area contributed by atoms with Gasteiger partial charge in [0.15, 0.2) is 0 Å². The first-order valence-electron chi connectivity index (χ1n) is 7.04. The lowest BCUT2D eigenvalue weighted by atomic mass is 9.64. The molecule has 1 N–H and O–H groups in total. The maximum absolute atomic E-state index is 13.1. The van der Waals surface area contributed by atoms with Crippen molar-refractivity contribution in [2.75, 3.05) is 5.32 Å². The average Bonchev–Trinajstić information content (AvgIpc) is 2.43. The molecule has 0 saturated heterocycles. The highest BCUT2D eigenvalue weighted by molar-refractivity contribution is 9.10. The van der Waals surface area contributed by atoms with E-state index in [1.807, 2.05) is 24.3 Å². The van der Waals surface area contributed by atoms with E-state index in [4.69, 9.17) is 11.6 Å². The number of amides is 1. The molecule has 2 aromatic rings. The molecule has 2 nitrogen and oxygen atoms in total. The van der Waals surface area contributed by atoms with Gasteiger partial charge in [0.05, 0.1) is 16.1 Å². The number of hydrogen-bond acceptors (Lipinski definition) is 1. The van der Waals surface area contributed by atoms with E-state index in [0.29, 0.717) is 5.69 Å². The summed E-state index contributed by atoms with van der Waals surface area (Å²) < 4.78 is 14.1. The first-order chi connectivity index (χ1) is 10.5. The topological polar surface area (TPSA) is 29.1 Å². The molecular weight excluding hydrogens is 369 g/mol. The fraction of sp³-hybridized carbons (Fsp3) is 0.235. The molecule has 0 heterocycles. The summed E-state index contributed by atoms with van der Waals surface area (Å²) in [4.78, 5) is 12.8. The zero-order valence-corrected chi connectivity index (χ0v) is 14.0. The van der Waals surface area contributed by atoms with Crippen molar-refractivity contribution in [1.29, 1.82) is 0 Å². The summed E-state index contributed by atoms with van der Waals surface area (Å²) in [6.45, 7) is 0. The number of benzene rings is 2. The van der Waals surface area contributed by atoms with Crippen LogP contribution in [0, 0.1) is 5.82 Å². The summed E-state index contributed by atoms with van der Waals surface area (Å²) in [7, 11) is 0. The predicted molar refractivity (Wildman–Crippen MR) is 89.7 cm³/mol. The molecule has 0 bridgehead atoms. The van der Waals surface area contributed by atoms with E-state index < -0.39 is 11.2 Å². The van der Waals surface area contributed by atoms with Gasteiger partial charge in [-0.05, 0) is 48.7 Å². The van der Waals surface area contributed by atoms with E-state index in [1.54, 1.807) is 0 Å². The summed E-state index contributed by atoms with van der Waals surface area (Å²) in [5.41, 5.74) is 0.924. The number of hydrogen-bond donors (Lipinski definition) is 1. The van der Waals surface area contributed by atoms with Gasteiger partial charge in [0, 0.05) is 4.47 Å². The summed E-state index contributed by atoms with van der Waals surface area (Å²) in [5.74, 6) is -0.510. The Morgan fingerprint density at radius 3 is 2.41 bits per heavy atom. The molecule has 1 saturated carbocycles. The largest absolute Gasteiger partial charge is 0.324 e. The van der Waals surface area contributed by atoms with Crippen LogP contribution < -0.4 is 5.32 Å². The van der Waals surface area contributed by atoms with Crippen molar-refractivity contribution in [2.45, 2.75) is 24.7 Å². The Morgan fingerprint density at radius 2 is 1.86 bits per heavy atom. The Bertz CT molecular complexity index is 713. The molecule has 0 aliphatic heterocycles. The molecule has 0 unspecified atom stereocenters. The molecular formula is C17H14BrClFNO. The number of rotatable bonds is 3. The first kappa shape index (κ1) is 15.5. The van der Waals surface area contributed by atoms with Crippen LogP contribution in [-0.4, -0.2) is 5.91 Å². The Balaban J connectivity index is 1.87. The predicted octanol–water partition coefficient (Wildman–Crippen LogP) is 5.30. The van der Waals surface area contributed by atoms with Gasteiger partial charge in [0.25, 0.3) is 0 Å². The summed E-state index contributed by atoms with van der Waals surface area (Å²) in [6, 6.07) is 11.8. The van der Waals surface area contributed by atoms with Gasteiger partial charge in [-0.15, -0.1) is 0 Å². The lowest BCUT2D eigenvalue weighted by molar-refractivity contribution is -0.124. The third kappa shape index (κ3) is 2.77. The molecule has 3 rings (SSSR count). The molecule has 1 aliphatic carbocycles. The van der Waals surface area contributed by atoms with Gasteiger partial charge < -0.3 is 5.32 Å². The number of carbonyl (C=O) groups excluding carboxylic acids is 1. The normalized spacial score (nSPS) is 16.0. The molecule has 1 fully saturated rings. The van der Waals surface area contributed by atoms with E-state index in [-0.39, 0.29) is 10.9 Å². The minimum Gasteiger partial charge on any atom is -0.324 e. The highest BCUT2D eigenvalue weighted by atomic mass is 79.9. The molecule has 0 aromatic heterocycles. The highest BCUT2D eigenvalue weighted by Crippen LogP contribution is 2.45. The molecule has 2 aromatic carbocycles. The monoisotopic (exact) mass is 381 g/mol. The van der Waals surface area contributed by atoms with Crippen molar-refractivity contribution in [3.05, 3.63) is 63.3 Å². The van der Waals surface area contributed by atoms with Gasteiger partial charge in [-0.25, -0.2) is 4.39 Å². The van der Waals surface area contributed by atoms with Crippen molar-refractivity contribution >= 4 is 39.1 Å². The van der Waals surface area contributed by atoms with E-state index in [2.05, 4.69) is 21.2 Å². The van der Waals surface area contributed by atoms with Crippen LogP contribution in [0.5, 0.6) is 0 Å². The molecule has 0 spiro atoms. The Hall–Kier alpha value is -1.39. The summed E-state index contributed by atoms with van der Waals surface area (Å²) in [5, 5.41) is 3.05. The van der Waals surface area contributed by atoms with Crippen LogP contribution in [0.3, 0.4) is 0 Å². The van der Waals surface area contributed by atoms with Crippen molar-refractivity contribution in [1.82, 2.24) is 0 Å². The molecule has 1 amide bonds. The highest BCUT2D eigenvalue weighted by Gasteiger charge is 2.45. The van der Waals surface area contributed by atoms with Crippen LogP contribution in [0.1, 0.15) is 24.8 Å². The second-order valence-corrected chi connectivity index (χ2v) is 6.84. The van der Waals surface area contributed by atoms with Crippen LogP contribution >= 0.6 is 27.5 Å². The van der Waals surface area contributed by atoms with Gasteiger partial charge in [0.1, 0.15) is 5.82 Å². The first-order valence-corrected chi connectivity index (χ1v) is 8.21. The van der Waals surface area contributed by atoms with Gasteiger partial charge in [0.2, 0.25) is 5.91 Å². The van der Waals surface area contributed by atoms with Gasteiger partial charge >= 0.3 is 0 Å². The van der Waals surface area contributed by atoms with Crippen LogP contribution in [0.4, 0.5) is 10.1 Å². The minimum atomic E-state index is -0.515. The summed E-state index contributed by atoms with van der Waals surface area (Å²) in [6.07, 6.45) is 2.62. The lowest BCUT2D eigenvalue weighted by Crippen LogP contribution is -2.46. The van der Waals surface area contributed by atoms with Crippen LogP contribution in [0.2, 0.25) is 5.02 Å². The third-order valence-electron chi connectivity index (χ3n) is 4.22. The van der Waals surface area contributed by atoms with E-state index in [0.717, 1.165) is 29.3 Å². The number of nitrogens with one attached hydrogen (secondary N) is 1. The molecule has 22 heavy (non-hydrogen) atoms. The van der Waals surface area contributed by atoms with Crippen molar-refractivity contribution in [2.24, 2.45) is 0 Å². The second kappa shape index (κ2) is 6.01. The fourth-order valence-corrected chi connectivity index (χ4v) is 3.26. The number of halogens is 3. The quantitative estimate of drug-likeness (QED) is 0.766. The Morgan fingerprint density at radius 1 is 1.18 bits per heavy atom. The standard InChI is InChI=1S/C17H14BrClFNO/c18-12-4-2-11(3-5-12)17(8-1-9-17)16(22)21-15-7-6-13(20)10-14(15)19/h2-7,10H,1,8-9H2,(H,21,22). The molecule has 114 valence electrons. The third-order valence-corrected chi connectivity index (χ3v) is 5.06. The smallest absolute Gasteiger partial charge is 0.235 e. The molecule has 0 atom stereocenters. The van der Waals surface area contributed by atoms with Crippen LogP contribution in [0.15, 0.2) is 46.9 Å². The van der Waals surface area contributed by atoms with E-state index in [1.165, 1.54) is 18.2 Å². The maximum Gasteiger partial charge on any atom is 0.235 e. The van der Waals surface area contributed by atoms with Crippen LogP contribution in [-0.2, 0) is 10.2 Å². The van der Waals surface area contributed by atoms with Crippen molar-refractivity contribution < 1.29 is 9.18 Å². The zero-order chi connectivity index (χ0) is 15.7. The van der Waals surface area contributed by atoms with E-state index in [9.17, 15) is 9.18 Å². The van der Waals surface area contributed by atoms with Gasteiger partial charge in [-0.3, -0.25) is 4.79 Å². The van der Waals surface area contributed by atoms with E-state index >= 15 is 0 Å². The number of anilines is 1. The van der Waals surface area contributed by atoms with Gasteiger partial charge in [-0.2, -0.15) is 0 Å². The molecule has 0 radical (unpaired) electrons. The Kier molecular flexibility index (Phi) is 4.24. The minimum absolute atomic E-state index is 0.0884. The molecule has 1 aliphatic rings. The molecule has 5 heteroatoms. The van der Waals surface area contributed by atoms with Gasteiger partial charge in [-0.1, -0.05) is 46.1 Å². The Labute approximate surface area is 141 Å². The number of carbonyl (C=O) groups is 1.